The van der Waals surface area contributed by atoms with Gasteiger partial charge in [-0.2, -0.15) is 5.26 Å². The van der Waals surface area contributed by atoms with Crippen molar-refractivity contribution < 1.29 is 9.13 Å². The average molecular weight is 370 g/mol. The summed E-state index contributed by atoms with van der Waals surface area (Å²) < 4.78 is 21.0. The van der Waals surface area contributed by atoms with E-state index in [4.69, 9.17) is 10.00 Å². The minimum absolute atomic E-state index is 0.348. The van der Waals surface area contributed by atoms with Crippen molar-refractivity contribution >= 4 is 28.5 Å². The zero-order valence-corrected chi connectivity index (χ0v) is 14.9. The number of benzene rings is 2. The second-order valence-corrected chi connectivity index (χ2v) is 6.39. The molecule has 0 aliphatic carbocycles. The molecule has 0 amide bonds. The number of fused-ring (bicyclic) bond motifs is 1. The minimum atomic E-state index is -0.374. The van der Waals surface area contributed by atoms with Crippen molar-refractivity contribution in [3.8, 4) is 11.8 Å². The number of para-hydroxylation sites is 1. The third-order valence-electron chi connectivity index (χ3n) is 3.74. The highest BCUT2D eigenvalue weighted by Gasteiger charge is 2.07. The molecule has 2 aromatic carbocycles. The van der Waals surface area contributed by atoms with E-state index in [2.05, 4.69) is 21.1 Å². The molecule has 0 radical (unpaired) electrons. The minimum Gasteiger partial charge on any atom is -0.492 e. The molecule has 3 N–H and O–H groups in total. The van der Waals surface area contributed by atoms with Crippen molar-refractivity contribution in [2.45, 2.75) is 4.90 Å². The fourth-order valence-corrected chi connectivity index (χ4v) is 3.23. The van der Waals surface area contributed by atoms with Crippen LogP contribution in [0.4, 0.5) is 10.1 Å². The van der Waals surface area contributed by atoms with Crippen molar-refractivity contribution in [2.24, 2.45) is 0 Å². The molecule has 7 heteroatoms. The van der Waals surface area contributed by atoms with Crippen molar-refractivity contribution in [3.05, 3.63) is 54.2 Å². The van der Waals surface area contributed by atoms with E-state index in [0.29, 0.717) is 25.3 Å². The molecule has 26 heavy (non-hydrogen) atoms. The van der Waals surface area contributed by atoms with Crippen LogP contribution < -0.4 is 14.8 Å². The molecule has 134 valence electrons. The smallest absolute Gasteiger partial charge is 0.120 e. The summed E-state index contributed by atoms with van der Waals surface area (Å²) >= 11 is 1.47. The highest BCUT2D eigenvalue weighted by molar-refractivity contribution is 8.00. The zero-order valence-electron chi connectivity index (χ0n) is 14.1. The molecule has 0 saturated carbocycles. The van der Waals surface area contributed by atoms with Gasteiger partial charge < -0.3 is 19.8 Å². The third kappa shape index (κ3) is 4.48. The average Bonchev–Trinajstić information content (AvgIpc) is 3.10. The number of aromatic amines is 1. The Kier molecular flexibility index (Phi) is 6.36. The number of nitriles is 1. The molecule has 0 spiro atoms. The van der Waals surface area contributed by atoms with Crippen LogP contribution in [0, 0.1) is 11.3 Å². The Balaban J connectivity index is 1.61. The number of nitrogens with zero attached hydrogens (tertiary/aromatic N) is 1. The summed E-state index contributed by atoms with van der Waals surface area (Å²) in [5.41, 5.74) is 2.45. The van der Waals surface area contributed by atoms with Gasteiger partial charge in [-0.1, -0.05) is 18.2 Å². The number of anilines is 1. The van der Waals surface area contributed by atoms with Crippen molar-refractivity contribution in [1.82, 2.24) is 10.3 Å². The number of rotatable bonds is 9. The van der Waals surface area contributed by atoms with Gasteiger partial charge in [0, 0.05) is 29.6 Å². The van der Waals surface area contributed by atoms with Crippen LogP contribution in [-0.4, -0.2) is 31.4 Å². The van der Waals surface area contributed by atoms with Gasteiger partial charge in [-0.25, -0.2) is 4.39 Å². The normalized spacial score (nSPS) is 10.6. The number of aromatic nitrogens is 1. The third-order valence-corrected chi connectivity index (χ3v) is 4.55. The number of hydrogen-bond acceptors (Lipinski definition) is 5. The maximum Gasteiger partial charge on any atom is 0.120 e. The van der Waals surface area contributed by atoms with Gasteiger partial charge in [0.05, 0.1) is 16.8 Å². The van der Waals surface area contributed by atoms with E-state index >= 15 is 0 Å². The lowest BCUT2D eigenvalue weighted by Gasteiger charge is -2.10. The molecule has 3 rings (SSSR count). The van der Waals surface area contributed by atoms with E-state index in [0.717, 1.165) is 27.2 Å². The summed E-state index contributed by atoms with van der Waals surface area (Å²) in [6.45, 7) is 1.07. The van der Waals surface area contributed by atoms with Crippen LogP contribution in [-0.2, 0) is 0 Å². The van der Waals surface area contributed by atoms with Crippen molar-refractivity contribution in [2.75, 3.05) is 31.1 Å². The molecule has 3 aromatic rings. The molecular weight excluding hydrogens is 351 g/mol. The van der Waals surface area contributed by atoms with Crippen LogP contribution in [0.25, 0.3) is 10.9 Å². The summed E-state index contributed by atoms with van der Waals surface area (Å²) in [7, 11) is 0. The fourth-order valence-electron chi connectivity index (χ4n) is 2.51. The quantitative estimate of drug-likeness (QED) is 0.391. The number of ether oxygens (including phenoxy) is 1. The summed E-state index contributed by atoms with van der Waals surface area (Å²) in [6.07, 6.45) is 1.71. The number of H-pyrrole nitrogens is 1. The largest absolute Gasteiger partial charge is 0.492 e. The van der Waals surface area contributed by atoms with Crippen LogP contribution >= 0.6 is 11.9 Å². The van der Waals surface area contributed by atoms with Crippen LogP contribution in [0.2, 0.25) is 0 Å². The van der Waals surface area contributed by atoms with Gasteiger partial charge in [0.1, 0.15) is 25.1 Å². The van der Waals surface area contributed by atoms with Crippen LogP contribution in [0.15, 0.2) is 53.6 Å². The van der Waals surface area contributed by atoms with Gasteiger partial charge in [-0.05, 0) is 36.2 Å². The second kappa shape index (κ2) is 9.13. The summed E-state index contributed by atoms with van der Waals surface area (Å²) in [5.74, 6) is 0.767. The highest BCUT2D eigenvalue weighted by Crippen LogP contribution is 2.30. The van der Waals surface area contributed by atoms with Crippen molar-refractivity contribution in [3.63, 3.8) is 0 Å². The number of halogens is 1. The summed E-state index contributed by atoms with van der Waals surface area (Å²) in [4.78, 5) is 4.15. The maximum atomic E-state index is 12.0. The first kappa shape index (κ1) is 18.1. The lowest BCUT2D eigenvalue weighted by atomic mass is 10.2. The van der Waals surface area contributed by atoms with E-state index in [-0.39, 0.29) is 6.67 Å². The molecule has 0 atom stereocenters. The van der Waals surface area contributed by atoms with Gasteiger partial charge in [-0.3, -0.25) is 0 Å². The van der Waals surface area contributed by atoms with Gasteiger partial charge in [0.2, 0.25) is 0 Å². The van der Waals surface area contributed by atoms with Crippen molar-refractivity contribution in [1.29, 1.82) is 5.26 Å². The molecule has 0 unspecified atom stereocenters. The van der Waals surface area contributed by atoms with Crippen LogP contribution in [0.3, 0.4) is 0 Å². The number of hydrogen-bond donors (Lipinski definition) is 3. The number of alkyl halides is 1. The predicted molar refractivity (Wildman–Crippen MR) is 103 cm³/mol. The first-order valence-corrected chi connectivity index (χ1v) is 9.06. The molecule has 0 saturated heterocycles. The molecule has 5 nitrogen and oxygen atoms in total. The molecule has 1 heterocycles. The Labute approximate surface area is 155 Å². The highest BCUT2D eigenvalue weighted by atomic mass is 32.2. The van der Waals surface area contributed by atoms with Gasteiger partial charge in [-0.15, -0.1) is 0 Å². The van der Waals surface area contributed by atoms with Gasteiger partial charge in [0.15, 0.2) is 0 Å². The molecule has 0 bridgehead atoms. The first-order chi connectivity index (χ1) is 12.8. The van der Waals surface area contributed by atoms with Crippen LogP contribution in [0.5, 0.6) is 5.75 Å². The molecule has 0 aliphatic rings. The van der Waals surface area contributed by atoms with E-state index in [9.17, 15) is 4.39 Å². The fraction of sp³-hybridized carbons (Fsp3) is 0.211. The predicted octanol–water partition coefficient (Wildman–Crippen LogP) is 4.10. The Hall–Kier alpha value is -2.69. The van der Waals surface area contributed by atoms with E-state index in [1.807, 2.05) is 42.5 Å². The summed E-state index contributed by atoms with van der Waals surface area (Å²) in [5, 5.41) is 13.0. The standard InChI is InChI=1S/C19H19FN4OS/c20-7-8-22-9-10-25-15-3-1-4-16(11-15)26-24-18-6-2-5-17-14(12-21)13-23-19(17)18/h1-6,11,13,22-24H,7-10H2. The molecular formula is C19H19FN4OS. The van der Waals surface area contributed by atoms with Gasteiger partial charge >= 0.3 is 0 Å². The Morgan fingerprint density at radius 3 is 2.92 bits per heavy atom. The Morgan fingerprint density at radius 1 is 1.19 bits per heavy atom. The molecule has 0 aliphatic heterocycles. The first-order valence-electron chi connectivity index (χ1n) is 8.24. The monoisotopic (exact) mass is 370 g/mol. The molecule has 0 fully saturated rings. The molecule has 1 aromatic heterocycles. The number of nitrogens with one attached hydrogen (secondary N) is 3. The van der Waals surface area contributed by atoms with Crippen LogP contribution in [0.1, 0.15) is 5.56 Å². The second-order valence-electron chi connectivity index (χ2n) is 5.51. The van der Waals surface area contributed by atoms with Gasteiger partial charge in [0.25, 0.3) is 0 Å². The lowest BCUT2D eigenvalue weighted by Crippen LogP contribution is -2.23. The van der Waals surface area contributed by atoms with E-state index in [1.54, 1.807) is 6.20 Å². The van der Waals surface area contributed by atoms with E-state index in [1.165, 1.54) is 11.9 Å². The maximum absolute atomic E-state index is 12.0. The SMILES string of the molecule is N#Cc1c[nH]c2c(NSc3cccc(OCCNCCF)c3)cccc12. The zero-order chi connectivity index (χ0) is 18.2. The lowest BCUT2D eigenvalue weighted by molar-refractivity contribution is 0.310. The Bertz CT molecular complexity index is 906. The topological polar surface area (TPSA) is 72.9 Å². The Morgan fingerprint density at radius 2 is 2.08 bits per heavy atom. The summed E-state index contributed by atoms with van der Waals surface area (Å²) in [6, 6.07) is 15.7. The van der Waals surface area contributed by atoms with E-state index < -0.39 is 0 Å².